The van der Waals surface area contributed by atoms with Crippen molar-refractivity contribution in [3.8, 4) is 0 Å². The normalized spacial score (nSPS) is 16.4. The standard InChI is InChI=1S/C32H48O4/c1-8-24(9-2)25(13-11-12-21(6)33)14-23-15-30-29(20(4)5)18-26(17-28(35)19-27(34)10-3)22(7)32(30)31(36)16-23/h18,20,23-25H,8-17,19H2,1-7H3. The number of Topliss-reactive ketones (excluding diaryl/α,β-unsaturated/α-hetero) is 4. The lowest BCUT2D eigenvalue weighted by Gasteiger charge is -2.34. The lowest BCUT2D eigenvalue weighted by Crippen LogP contribution is -2.27. The number of hydrogen-bond donors (Lipinski definition) is 0. The van der Waals surface area contributed by atoms with Gasteiger partial charge in [-0.1, -0.05) is 53.5 Å². The Bertz CT molecular complexity index is 951. The van der Waals surface area contributed by atoms with Crippen molar-refractivity contribution >= 4 is 23.1 Å². The van der Waals surface area contributed by atoms with Crippen LogP contribution >= 0.6 is 0 Å². The van der Waals surface area contributed by atoms with Gasteiger partial charge in [-0.3, -0.25) is 14.4 Å². The first kappa shape index (κ1) is 30.1. The van der Waals surface area contributed by atoms with Crippen molar-refractivity contribution in [1.29, 1.82) is 0 Å². The van der Waals surface area contributed by atoms with Crippen molar-refractivity contribution < 1.29 is 19.2 Å². The van der Waals surface area contributed by atoms with Gasteiger partial charge in [0.1, 0.15) is 17.3 Å². The lowest BCUT2D eigenvalue weighted by molar-refractivity contribution is -0.126. The fraction of sp³-hybridized carbons (Fsp3) is 0.688. The zero-order valence-electron chi connectivity index (χ0n) is 23.8. The third-order valence-electron chi connectivity index (χ3n) is 8.34. The zero-order chi connectivity index (χ0) is 27.0. The quantitative estimate of drug-likeness (QED) is 0.235. The number of fused-ring (bicyclic) bond motifs is 1. The Morgan fingerprint density at radius 1 is 1.00 bits per heavy atom. The maximum Gasteiger partial charge on any atom is 0.163 e. The third-order valence-corrected chi connectivity index (χ3v) is 8.34. The molecule has 0 heterocycles. The molecule has 0 saturated heterocycles. The molecule has 0 aromatic heterocycles. The van der Waals surface area contributed by atoms with E-state index in [4.69, 9.17) is 0 Å². The van der Waals surface area contributed by atoms with Gasteiger partial charge in [-0.05, 0) is 85.5 Å². The summed E-state index contributed by atoms with van der Waals surface area (Å²) in [7, 11) is 0. The summed E-state index contributed by atoms with van der Waals surface area (Å²) in [6, 6.07) is 2.13. The Morgan fingerprint density at radius 3 is 2.22 bits per heavy atom. The highest BCUT2D eigenvalue weighted by atomic mass is 16.1. The number of carbonyl (C=O) groups is 4. The van der Waals surface area contributed by atoms with Crippen LogP contribution in [0.25, 0.3) is 0 Å². The van der Waals surface area contributed by atoms with Crippen molar-refractivity contribution in [2.75, 3.05) is 0 Å². The molecular weight excluding hydrogens is 448 g/mol. The molecule has 4 heteroatoms. The van der Waals surface area contributed by atoms with E-state index in [0.717, 1.165) is 55.2 Å². The first-order valence-corrected chi connectivity index (χ1v) is 14.2. The van der Waals surface area contributed by atoms with Gasteiger partial charge in [-0.2, -0.15) is 0 Å². The average molecular weight is 497 g/mol. The van der Waals surface area contributed by atoms with E-state index in [0.29, 0.717) is 37.0 Å². The van der Waals surface area contributed by atoms with Crippen LogP contribution in [0.15, 0.2) is 6.07 Å². The molecule has 0 saturated carbocycles. The molecular formula is C32H48O4. The van der Waals surface area contributed by atoms with E-state index in [1.807, 2.05) is 6.92 Å². The SMILES string of the molecule is CCC(=O)CC(=O)Cc1cc(C(C)C)c2c(c1C)C(=O)CC(CC(CCCC(C)=O)C(CC)CC)C2. The van der Waals surface area contributed by atoms with Crippen molar-refractivity contribution in [1.82, 2.24) is 0 Å². The van der Waals surface area contributed by atoms with Crippen LogP contribution in [-0.2, 0) is 27.2 Å². The van der Waals surface area contributed by atoms with Gasteiger partial charge < -0.3 is 4.79 Å². The van der Waals surface area contributed by atoms with Gasteiger partial charge in [0.2, 0.25) is 0 Å². The molecule has 0 amide bonds. The third kappa shape index (κ3) is 7.95. The molecule has 1 aromatic carbocycles. The number of carbonyl (C=O) groups excluding carboxylic acids is 4. The second kappa shape index (κ2) is 14.0. The van der Waals surface area contributed by atoms with Crippen LogP contribution in [0.3, 0.4) is 0 Å². The molecule has 0 aliphatic heterocycles. The Balaban J connectivity index is 2.34. The van der Waals surface area contributed by atoms with Gasteiger partial charge in [0.05, 0.1) is 6.42 Å². The highest BCUT2D eigenvalue weighted by Gasteiger charge is 2.33. The monoisotopic (exact) mass is 496 g/mol. The van der Waals surface area contributed by atoms with Gasteiger partial charge >= 0.3 is 0 Å². The summed E-state index contributed by atoms with van der Waals surface area (Å²) in [5.74, 6) is 2.08. The van der Waals surface area contributed by atoms with Crippen LogP contribution in [0.2, 0.25) is 0 Å². The van der Waals surface area contributed by atoms with E-state index < -0.39 is 0 Å². The van der Waals surface area contributed by atoms with Crippen molar-refractivity contribution in [3.05, 3.63) is 33.9 Å². The molecule has 0 fully saturated rings. The molecule has 36 heavy (non-hydrogen) atoms. The second-order valence-electron chi connectivity index (χ2n) is 11.4. The molecule has 2 atom stereocenters. The summed E-state index contributed by atoms with van der Waals surface area (Å²) in [6.45, 7) is 14.2. The first-order valence-electron chi connectivity index (χ1n) is 14.2. The molecule has 1 aliphatic rings. The Labute approximate surface area is 219 Å². The van der Waals surface area contributed by atoms with Gasteiger partial charge in [-0.25, -0.2) is 0 Å². The average Bonchev–Trinajstić information content (AvgIpc) is 2.80. The van der Waals surface area contributed by atoms with E-state index in [-0.39, 0.29) is 41.9 Å². The summed E-state index contributed by atoms with van der Waals surface area (Å²) in [5.41, 5.74) is 5.01. The molecule has 0 spiro atoms. The molecule has 2 rings (SSSR count). The van der Waals surface area contributed by atoms with E-state index in [1.54, 1.807) is 13.8 Å². The molecule has 0 N–H and O–H groups in total. The molecule has 2 unspecified atom stereocenters. The predicted molar refractivity (Wildman–Crippen MR) is 147 cm³/mol. The summed E-state index contributed by atoms with van der Waals surface area (Å²) in [6.07, 6.45) is 7.95. The molecule has 1 aliphatic carbocycles. The summed E-state index contributed by atoms with van der Waals surface area (Å²) in [4.78, 5) is 49.4. The van der Waals surface area contributed by atoms with Crippen LogP contribution in [0.5, 0.6) is 0 Å². The van der Waals surface area contributed by atoms with Gasteiger partial charge in [0, 0.05) is 31.2 Å². The van der Waals surface area contributed by atoms with Crippen molar-refractivity contribution in [2.24, 2.45) is 17.8 Å². The maximum atomic E-state index is 13.6. The van der Waals surface area contributed by atoms with Crippen LogP contribution in [0.1, 0.15) is 138 Å². The minimum absolute atomic E-state index is 0.0267. The Morgan fingerprint density at radius 2 is 1.67 bits per heavy atom. The van der Waals surface area contributed by atoms with Crippen LogP contribution in [-0.4, -0.2) is 23.1 Å². The summed E-state index contributed by atoms with van der Waals surface area (Å²) < 4.78 is 0. The van der Waals surface area contributed by atoms with Crippen LogP contribution < -0.4 is 0 Å². The van der Waals surface area contributed by atoms with Gasteiger partial charge in [-0.15, -0.1) is 0 Å². The predicted octanol–water partition coefficient (Wildman–Crippen LogP) is 7.55. The van der Waals surface area contributed by atoms with E-state index in [2.05, 4.69) is 33.8 Å². The lowest BCUT2D eigenvalue weighted by atomic mass is 9.70. The van der Waals surface area contributed by atoms with E-state index >= 15 is 0 Å². The van der Waals surface area contributed by atoms with E-state index in [9.17, 15) is 19.2 Å². The molecule has 0 radical (unpaired) electrons. The summed E-state index contributed by atoms with van der Waals surface area (Å²) >= 11 is 0. The molecule has 0 bridgehead atoms. The minimum atomic E-state index is -0.0701. The topological polar surface area (TPSA) is 68.3 Å². The highest BCUT2D eigenvalue weighted by Crippen LogP contribution is 2.40. The van der Waals surface area contributed by atoms with Gasteiger partial charge in [0.25, 0.3) is 0 Å². The van der Waals surface area contributed by atoms with Gasteiger partial charge in [0.15, 0.2) is 5.78 Å². The summed E-state index contributed by atoms with van der Waals surface area (Å²) in [5, 5.41) is 0. The first-order chi connectivity index (χ1) is 17.0. The fourth-order valence-corrected chi connectivity index (χ4v) is 6.26. The van der Waals surface area contributed by atoms with Crippen LogP contribution in [0.4, 0.5) is 0 Å². The largest absolute Gasteiger partial charge is 0.300 e. The molecule has 1 aromatic rings. The minimum Gasteiger partial charge on any atom is -0.300 e. The Kier molecular flexibility index (Phi) is 11.7. The van der Waals surface area contributed by atoms with Crippen molar-refractivity contribution in [2.45, 2.75) is 125 Å². The number of ketones is 4. The number of hydrogen-bond acceptors (Lipinski definition) is 4. The Hall–Kier alpha value is -2.10. The molecule has 200 valence electrons. The smallest absolute Gasteiger partial charge is 0.163 e. The van der Waals surface area contributed by atoms with Crippen LogP contribution in [0, 0.1) is 24.7 Å². The maximum absolute atomic E-state index is 13.6. The highest BCUT2D eigenvalue weighted by molar-refractivity contribution is 6.02. The second-order valence-corrected chi connectivity index (χ2v) is 11.4. The van der Waals surface area contributed by atoms with E-state index in [1.165, 1.54) is 11.1 Å². The number of benzene rings is 1. The van der Waals surface area contributed by atoms with Crippen molar-refractivity contribution in [3.63, 3.8) is 0 Å². The zero-order valence-corrected chi connectivity index (χ0v) is 23.8. The fourth-order valence-electron chi connectivity index (χ4n) is 6.26. The molecule has 4 nitrogen and oxygen atoms in total. The number of rotatable bonds is 15.